The first-order valence-electron chi connectivity index (χ1n) is 6.32. The minimum absolute atomic E-state index is 0.423. The van der Waals surface area contributed by atoms with Crippen LogP contribution >= 0.6 is 11.6 Å². The first kappa shape index (κ1) is 12.3. The van der Waals surface area contributed by atoms with Crippen molar-refractivity contribution in [2.45, 2.75) is 25.8 Å². The van der Waals surface area contributed by atoms with Crippen LogP contribution in [0.15, 0.2) is 41.0 Å². The van der Waals surface area contributed by atoms with Crippen LogP contribution in [0.1, 0.15) is 17.1 Å². The molecule has 1 aromatic carbocycles. The van der Waals surface area contributed by atoms with E-state index in [1.165, 1.54) is 5.56 Å². The monoisotopic (exact) mass is 274 g/mol. The number of rotatable bonds is 4. The molecule has 4 heteroatoms. The predicted octanol–water partition coefficient (Wildman–Crippen LogP) is 3.92. The van der Waals surface area contributed by atoms with Gasteiger partial charge in [0.1, 0.15) is 11.6 Å². The van der Waals surface area contributed by atoms with Gasteiger partial charge in [0.15, 0.2) is 0 Å². The molecule has 0 amide bonds. The van der Waals surface area contributed by atoms with Crippen LogP contribution in [0.3, 0.4) is 0 Å². The third-order valence-electron chi connectivity index (χ3n) is 3.34. The van der Waals surface area contributed by atoms with Gasteiger partial charge in [0, 0.05) is 13.0 Å². The Kier molecular flexibility index (Phi) is 3.30. The Morgan fingerprint density at radius 3 is 2.89 bits per heavy atom. The van der Waals surface area contributed by atoms with Crippen molar-refractivity contribution in [3.8, 4) is 0 Å². The molecule has 0 unspecified atom stereocenters. The van der Waals surface area contributed by atoms with Crippen molar-refractivity contribution in [1.29, 1.82) is 0 Å². The molecule has 0 atom stereocenters. The molecule has 3 aromatic rings. The molecular weight excluding hydrogens is 260 g/mol. The van der Waals surface area contributed by atoms with Crippen molar-refractivity contribution in [3.63, 3.8) is 0 Å². The molecule has 0 aliphatic rings. The molecule has 3 rings (SSSR count). The van der Waals surface area contributed by atoms with Crippen molar-refractivity contribution < 1.29 is 4.42 Å². The number of alkyl halides is 1. The van der Waals surface area contributed by atoms with Crippen LogP contribution in [0.4, 0.5) is 0 Å². The second kappa shape index (κ2) is 5.10. The van der Waals surface area contributed by atoms with E-state index in [2.05, 4.69) is 34.7 Å². The highest BCUT2D eigenvalue weighted by Crippen LogP contribution is 2.21. The quantitative estimate of drug-likeness (QED) is 0.675. The van der Waals surface area contributed by atoms with Gasteiger partial charge in [0.2, 0.25) is 0 Å². The van der Waals surface area contributed by atoms with Gasteiger partial charge in [-0.15, -0.1) is 11.6 Å². The second-order valence-corrected chi connectivity index (χ2v) is 4.85. The Morgan fingerprint density at radius 2 is 2.16 bits per heavy atom. The average molecular weight is 275 g/mol. The Hall–Kier alpha value is -1.74. The summed E-state index contributed by atoms with van der Waals surface area (Å²) in [5.74, 6) is 2.32. The summed E-state index contributed by atoms with van der Waals surface area (Å²) < 4.78 is 7.55. The predicted molar refractivity (Wildman–Crippen MR) is 76.4 cm³/mol. The highest BCUT2D eigenvalue weighted by Gasteiger charge is 2.11. The lowest BCUT2D eigenvalue weighted by atomic mass is 10.2. The third-order valence-corrected chi connectivity index (χ3v) is 3.58. The maximum absolute atomic E-state index is 6.01. The Bertz CT molecular complexity index is 686. The number of hydrogen-bond donors (Lipinski definition) is 0. The molecule has 0 saturated heterocycles. The Balaban J connectivity index is 1.99. The van der Waals surface area contributed by atoms with E-state index in [0.29, 0.717) is 5.88 Å². The molecular formula is C15H15ClN2O. The van der Waals surface area contributed by atoms with Crippen molar-refractivity contribution in [3.05, 3.63) is 53.7 Å². The van der Waals surface area contributed by atoms with Crippen LogP contribution < -0.4 is 0 Å². The zero-order chi connectivity index (χ0) is 13.2. The average Bonchev–Trinajstić information content (AvgIpc) is 3.03. The fraction of sp³-hybridized carbons (Fsp3) is 0.267. The molecule has 3 nitrogen and oxygen atoms in total. The molecule has 0 radical (unpaired) electrons. The topological polar surface area (TPSA) is 31.0 Å². The van der Waals surface area contributed by atoms with E-state index in [1.807, 2.05) is 12.1 Å². The Morgan fingerprint density at radius 1 is 1.26 bits per heavy atom. The number of para-hydroxylation sites is 1. The van der Waals surface area contributed by atoms with E-state index in [4.69, 9.17) is 16.0 Å². The number of benzene rings is 1. The fourth-order valence-corrected chi connectivity index (χ4v) is 2.57. The van der Waals surface area contributed by atoms with Crippen LogP contribution in [0.25, 0.3) is 11.0 Å². The highest BCUT2D eigenvalue weighted by atomic mass is 35.5. The van der Waals surface area contributed by atoms with E-state index in [0.717, 1.165) is 35.6 Å². The minimum atomic E-state index is 0.423. The molecule has 0 bridgehead atoms. The summed E-state index contributed by atoms with van der Waals surface area (Å²) in [6.07, 6.45) is 2.55. The van der Waals surface area contributed by atoms with Crippen LogP contribution in [0.2, 0.25) is 0 Å². The number of fused-ring (bicyclic) bond motifs is 1. The summed E-state index contributed by atoms with van der Waals surface area (Å²) in [5, 5.41) is 0. The molecule has 98 valence electrons. The molecule has 0 saturated carbocycles. The molecule has 0 spiro atoms. The number of hydrogen-bond acceptors (Lipinski definition) is 2. The SMILES string of the molecule is Cc1cccc2c1nc(CCl)n2CCc1ccco1. The molecule has 2 aromatic heterocycles. The standard InChI is InChI=1S/C15H15ClN2O/c1-11-4-2-6-13-15(11)17-14(10-16)18(13)8-7-12-5-3-9-19-12/h2-6,9H,7-8,10H2,1H3. The van der Waals surface area contributed by atoms with E-state index in [9.17, 15) is 0 Å². The zero-order valence-electron chi connectivity index (χ0n) is 10.8. The molecule has 0 N–H and O–H groups in total. The largest absolute Gasteiger partial charge is 0.469 e. The van der Waals surface area contributed by atoms with Gasteiger partial charge in [-0.2, -0.15) is 0 Å². The summed E-state index contributed by atoms with van der Waals surface area (Å²) in [5.41, 5.74) is 3.36. The lowest BCUT2D eigenvalue weighted by Crippen LogP contribution is -2.04. The molecule has 19 heavy (non-hydrogen) atoms. The van der Waals surface area contributed by atoms with E-state index in [-0.39, 0.29) is 0 Å². The van der Waals surface area contributed by atoms with Gasteiger partial charge in [0.25, 0.3) is 0 Å². The summed E-state index contributed by atoms with van der Waals surface area (Å²) in [7, 11) is 0. The molecule has 2 heterocycles. The number of aromatic nitrogens is 2. The van der Waals surface area contributed by atoms with Gasteiger partial charge in [-0.05, 0) is 30.7 Å². The lowest BCUT2D eigenvalue weighted by molar-refractivity contribution is 0.491. The number of furan rings is 1. The second-order valence-electron chi connectivity index (χ2n) is 4.59. The van der Waals surface area contributed by atoms with Gasteiger partial charge >= 0.3 is 0 Å². The van der Waals surface area contributed by atoms with Gasteiger partial charge in [0.05, 0.1) is 23.2 Å². The fourth-order valence-electron chi connectivity index (χ4n) is 2.36. The maximum atomic E-state index is 6.01. The summed E-state index contributed by atoms with van der Waals surface area (Å²) in [4.78, 5) is 4.63. The first-order chi connectivity index (χ1) is 9.29. The van der Waals surface area contributed by atoms with E-state index >= 15 is 0 Å². The first-order valence-corrected chi connectivity index (χ1v) is 6.86. The lowest BCUT2D eigenvalue weighted by Gasteiger charge is -2.06. The van der Waals surface area contributed by atoms with E-state index in [1.54, 1.807) is 6.26 Å². The third kappa shape index (κ3) is 2.26. The summed E-state index contributed by atoms with van der Waals surface area (Å²) >= 11 is 6.01. The minimum Gasteiger partial charge on any atom is -0.469 e. The molecule has 0 fully saturated rings. The van der Waals surface area contributed by atoms with Crippen LogP contribution in [-0.4, -0.2) is 9.55 Å². The van der Waals surface area contributed by atoms with Crippen LogP contribution in [-0.2, 0) is 18.8 Å². The van der Waals surface area contributed by atoms with Crippen LogP contribution in [0.5, 0.6) is 0 Å². The number of nitrogens with zero attached hydrogens (tertiary/aromatic N) is 2. The number of halogens is 1. The molecule has 0 aliphatic heterocycles. The normalized spacial score (nSPS) is 11.3. The van der Waals surface area contributed by atoms with Crippen molar-refractivity contribution in [2.75, 3.05) is 0 Å². The van der Waals surface area contributed by atoms with Crippen molar-refractivity contribution in [2.24, 2.45) is 0 Å². The summed E-state index contributed by atoms with van der Waals surface area (Å²) in [6, 6.07) is 10.1. The highest BCUT2D eigenvalue weighted by molar-refractivity contribution is 6.16. The van der Waals surface area contributed by atoms with Gasteiger partial charge in [-0.1, -0.05) is 12.1 Å². The van der Waals surface area contributed by atoms with Gasteiger partial charge in [-0.25, -0.2) is 4.98 Å². The van der Waals surface area contributed by atoms with E-state index < -0.39 is 0 Å². The zero-order valence-corrected chi connectivity index (χ0v) is 11.5. The van der Waals surface area contributed by atoms with Gasteiger partial charge < -0.3 is 8.98 Å². The van der Waals surface area contributed by atoms with Gasteiger partial charge in [-0.3, -0.25) is 0 Å². The van der Waals surface area contributed by atoms with Crippen LogP contribution in [0, 0.1) is 6.92 Å². The van der Waals surface area contributed by atoms with Crippen molar-refractivity contribution in [1.82, 2.24) is 9.55 Å². The number of imidazole rings is 1. The van der Waals surface area contributed by atoms with Crippen molar-refractivity contribution >= 4 is 22.6 Å². The number of aryl methyl sites for hydroxylation is 3. The maximum Gasteiger partial charge on any atom is 0.124 e. The Labute approximate surface area is 116 Å². The smallest absolute Gasteiger partial charge is 0.124 e. The molecule has 0 aliphatic carbocycles. The summed E-state index contributed by atoms with van der Waals surface area (Å²) in [6.45, 7) is 2.90.